The van der Waals surface area contributed by atoms with Gasteiger partial charge in [0, 0.05) is 48.6 Å². The van der Waals surface area contributed by atoms with E-state index in [2.05, 4.69) is 11.8 Å². The maximum Gasteiger partial charge on any atom is 0.337 e. The molecular formula is C37H44FN3O5. The van der Waals surface area contributed by atoms with Gasteiger partial charge >= 0.3 is 5.97 Å². The summed E-state index contributed by atoms with van der Waals surface area (Å²) in [6.45, 7) is 13.7. The minimum atomic E-state index is -1.17. The van der Waals surface area contributed by atoms with Crippen molar-refractivity contribution >= 4 is 17.4 Å². The fraction of sp³-hybridized carbons (Fsp3) is 0.459. The number of piperidine rings is 1. The number of fused-ring (bicyclic) bond motifs is 7. The molecule has 0 spiro atoms. The molecule has 244 valence electrons. The first-order valence-corrected chi connectivity index (χ1v) is 16.2. The third kappa shape index (κ3) is 6.62. The Bertz CT molecular complexity index is 1750. The highest BCUT2D eigenvalue weighted by molar-refractivity contribution is 5.80. The van der Waals surface area contributed by atoms with Crippen LogP contribution in [0, 0.1) is 12.7 Å². The van der Waals surface area contributed by atoms with E-state index in [0.29, 0.717) is 31.0 Å². The van der Waals surface area contributed by atoms with Crippen LogP contribution >= 0.6 is 0 Å². The predicted octanol–water partition coefficient (Wildman–Crippen LogP) is 7.99. The zero-order valence-electron chi connectivity index (χ0n) is 27.6. The average Bonchev–Trinajstić information content (AvgIpc) is 3.41. The van der Waals surface area contributed by atoms with Crippen molar-refractivity contribution in [2.75, 3.05) is 24.6 Å². The summed E-state index contributed by atoms with van der Waals surface area (Å²) in [6.07, 6.45) is 3.82. The van der Waals surface area contributed by atoms with Crippen molar-refractivity contribution in [2.45, 2.75) is 90.6 Å². The van der Waals surface area contributed by atoms with Gasteiger partial charge in [-0.1, -0.05) is 18.2 Å². The summed E-state index contributed by atoms with van der Waals surface area (Å²) >= 11 is 0. The van der Waals surface area contributed by atoms with Crippen molar-refractivity contribution in [1.82, 2.24) is 9.38 Å². The van der Waals surface area contributed by atoms with E-state index in [0.717, 1.165) is 65.1 Å². The van der Waals surface area contributed by atoms with Crippen molar-refractivity contribution in [3.05, 3.63) is 71.7 Å². The second kappa shape index (κ2) is 12.3. The Balaban J connectivity index is 1.55. The maximum atomic E-state index is 14.4. The minimum absolute atomic E-state index is 0.126. The Hall–Kier alpha value is -3.95. The monoisotopic (exact) mass is 629 g/mol. The van der Waals surface area contributed by atoms with Crippen LogP contribution in [0.4, 0.5) is 10.2 Å². The molecule has 5 heterocycles. The first-order valence-electron chi connectivity index (χ1n) is 16.2. The molecule has 2 aromatic carbocycles. The molecule has 7 rings (SSSR count). The molecule has 0 amide bonds. The van der Waals surface area contributed by atoms with Crippen LogP contribution < -0.4 is 9.64 Å². The van der Waals surface area contributed by atoms with Crippen molar-refractivity contribution < 1.29 is 28.5 Å². The predicted molar refractivity (Wildman–Crippen MR) is 177 cm³/mol. The molecule has 1 N–H and O–H groups in total. The zero-order valence-corrected chi connectivity index (χ0v) is 27.6. The molecule has 46 heavy (non-hydrogen) atoms. The molecular weight excluding hydrogens is 585 g/mol. The summed E-state index contributed by atoms with van der Waals surface area (Å²) in [4.78, 5) is 20.1. The van der Waals surface area contributed by atoms with Crippen LogP contribution in [0.1, 0.15) is 77.5 Å². The molecule has 3 aliphatic rings. The average molecular weight is 630 g/mol. The van der Waals surface area contributed by atoms with E-state index in [9.17, 15) is 14.3 Å². The summed E-state index contributed by atoms with van der Waals surface area (Å²) in [5.41, 5.74) is 4.47. The number of imidazole rings is 1. The summed E-state index contributed by atoms with van der Waals surface area (Å²) in [5, 5.41) is 10.5. The van der Waals surface area contributed by atoms with E-state index in [1.54, 1.807) is 6.07 Å². The second-order valence-electron chi connectivity index (χ2n) is 13.9. The van der Waals surface area contributed by atoms with E-state index in [-0.39, 0.29) is 17.5 Å². The number of carboxylic acids is 1. The number of carboxylic acid groups (broad SMARTS) is 1. The molecule has 1 saturated heterocycles. The lowest BCUT2D eigenvalue weighted by Gasteiger charge is -2.41. The van der Waals surface area contributed by atoms with Crippen molar-refractivity contribution in [2.24, 2.45) is 0 Å². The highest BCUT2D eigenvalue weighted by Gasteiger charge is 2.37. The Labute approximate surface area is 270 Å². The number of hydrogen-bond acceptors (Lipinski definition) is 6. The minimum Gasteiger partial charge on any atom is -0.490 e. The van der Waals surface area contributed by atoms with Crippen LogP contribution in [0.15, 0.2) is 54.7 Å². The fourth-order valence-corrected chi connectivity index (χ4v) is 6.59. The maximum absolute atomic E-state index is 14.4. The lowest BCUT2D eigenvalue weighted by molar-refractivity contribution is -0.160. The van der Waals surface area contributed by atoms with Gasteiger partial charge in [-0.25, -0.2) is 14.2 Å². The number of aliphatic carboxylic acids is 1. The van der Waals surface area contributed by atoms with Crippen LogP contribution in [0.25, 0.3) is 28.0 Å². The molecule has 2 atom stereocenters. The zero-order chi connectivity index (χ0) is 32.8. The van der Waals surface area contributed by atoms with E-state index in [1.165, 1.54) is 12.1 Å². The molecule has 0 unspecified atom stereocenters. The van der Waals surface area contributed by atoms with Crippen molar-refractivity contribution in [1.29, 1.82) is 0 Å². The Kier molecular flexibility index (Phi) is 8.59. The van der Waals surface area contributed by atoms with E-state index in [4.69, 9.17) is 19.2 Å². The lowest BCUT2D eigenvalue weighted by Crippen LogP contribution is -2.45. The molecule has 6 bridgehead atoms. The third-order valence-corrected chi connectivity index (χ3v) is 9.00. The van der Waals surface area contributed by atoms with Crippen LogP contribution in [0.5, 0.6) is 5.75 Å². The number of hydrogen-bond donors (Lipinski definition) is 1. The number of rotatable bonds is 3. The van der Waals surface area contributed by atoms with Gasteiger partial charge in [0.1, 0.15) is 23.0 Å². The molecule has 2 aromatic heterocycles. The van der Waals surface area contributed by atoms with E-state index < -0.39 is 17.7 Å². The Morgan fingerprint density at radius 1 is 1.13 bits per heavy atom. The SMILES string of the molecule is Cc1cc2nc3cn2c(c1[C@H](OC(C)(C)C)C(=O)O)N1CCC(C)(CC1)OCCC[C@H](C)Oc1cc(F)ccc1-c1cccc-3c1. The van der Waals surface area contributed by atoms with Crippen LogP contribution in [0.3, 0.4) is 0 Å². The number of carbonyl (C=O) groups is 1. The summed E-state index contributed by atoms with van der Waals surface area (Å²) in [5.74, 6) is -0.104. The number of pyridine rings is 1. The lowest BCUT2D eigenvalue weighted by atomic mass is 9.92. The van der Waals surface area contributed by atoms with Gasteiger partial charge in [-0.3, -0.25) is 4.40 Å². The van der Waals surface area contributed by atoms with Gasteiger partial charge in [-0.15, -0.1) is 0 Å². The fourth-order valence-electron chi connectivity index (χ4n) is 6.59. The highest BCUT2D eigenvalue weighted by Crippen LogP contribution is 2.40. The summed E-state index contributed by atoms with van der Waals surface area (Å²) < 4.78 is 35.5. The molecule has 0 aliphatic carbocycles. The normalized spacial score (nSPS) is 21.3. The first-order chi connectivity index (χ1) is 21.8. The molecule has 3 aliphatic heterocycles. The Morgan fingerprint density at radius 3 is 2.59 bits per heavy atom. The first kappa shape index (κ1) is 32.0. The topological polar surface area (TPSA) is 85.5 Å². The summed E-state index contributed by atoms with van der Waals surface area (Å²) in [6, 6.07) is 14.6. The van der Waals surface area contributed by atoms with E-state index in [1.807, 2.05) is 75.5 Å². The quantitative estimate of drug-likeness (QED) is 0.246. The number of aromatic nitrogens is 2. The number of ether oxygens (including phenoxy) is 3. The molecule has 0 saturated carbocycles. The molecule has 4 aromatic rings. The van der Waals surface area contributed by atoms with Crippen molar-refractivity contribution in [3.8, 4) is 28.1 Å². The van der Waals surface area contributed by atoms with Crippen LogP contribution in [-0.4, -0.2) is 57.5 Å². The third-order valence-electron chi connectivity index (χ3n) is 9.00. The van der Waals surface area contributed by atoms with Crippen LogP contribution in [-0.2, 0) is 14.3 Å². The molecule has 0 radical (unpaired) electrons. The van der Waals surface area contributed by atoms with E-state index >= 15 is 0 Å². The summed E-state index contributed by atoms with van der Waals surface area (Å²) in [7, 11) is 0. The van der Waals surface area contributed by atoms with Gasteiger partial charge in [0.2, 0.25) is 0 Å². The largest absolute Gasteiger partial charge is 0.490 e. The second-order valence-corrected chi connectivity index (χ2v) is 13.9. The molecule has 9 heteroatoms. The van der Waals surface area contributed by atoms with Gasteiger partial charge in [0.15, 0.2) is 6.10 Å². The number of anilines is 1. The van der Waals surface area contributed by atoms with Gasteiger partial charge in [0.05, 0.1) is 23.0 Å². The number of nitrogens with zero attached hydrogens (tertiary/aromatic N) is 3. The smallest absolute Gasteiger partial charge is 0.337 e. The van der Waals surface area contributed by atoms with Gasteiger partial charge in [-0.2, -0.15) is 0 Å². The standard InChI is InChI=1S/C37H44FN3O5/c1-23-19-31-39-29-22-41(31)34(32(23)33(35(42)43)46-36(3,4)5)40-16-14-37(6,15-17-40)44-18-8-9-24(2)45-30-21-27(38)12-13-28(30)25-10-7-11-26(29)20-25/h7,10-13,19-22,24,33H,8-9,14-18H2,1-6H3,(H,42,43)/t24-,33-/m0/s1. The Morgan fingerprint density at radius 2 is 1.87 bits per heavy atom. The highest BCUT2D eigenvalue weighted by atomic mass is 19.1. The van der Waals surface area contributed by atoms with Gasteiger partial charge < -0.3 is 24.2 Å². The van der Waals surface area contributed by atoms with Crippen LogP contribution in [0.2, 0.25) is 0 Å². The number of aryl methyl sites for hydroxylation is 1. The van der Waals surface area contributed by atoms with Gasteiger partial charge in [0.25, 0.3) is 0 Å². The number of benzene rings is 2. The van der Waals surface area contributed by atoms with Crippen molar-refractivity contribution in [3.63, 3.8) is 0 Å². The van der Waals surface area contributed by atoms with Gasteiger partial charge in [-0.05, 0) is 103 Å². The molecule has 1 fully saturated rings. The molecule has 8 nitrogen and oxygen atoms in total. The number of halogens is 1.